The standard InChI is InChI=1S/C14H14O2/c15-14-9-12-7-6-11(8-13(12)16-14)10-4-2-1-3-5-10/h1-5,8,12-13H,6-7,9H2. The van der Waals surface area contributed by atoms with E-state index in [0.29, 0.717) is 12.3 Å². The van der Waals surface area contributed by atoms with Crippen LogP contribution in [0.4, 0.5) is 0 Å². The second kappa shape index (κ2) is 3.78. The Kier molecular flexibility index (Phi) is 2.28. The van der Waals surface area contributed by atoms with Crippen LogP contribution in [0.1, 0.15) is 24.8 Å². The molecule has 0 N–H and O–H groups in total. The van der Waals surface area contributed by atoms with E-state index in [1.807, 2.05) is 18.2 Å². The highest BCUT2D eigenvalue weighted by Crippen LogP contribution is 2.37. The van der Waals surface area contributed by atoms with Crippen molar-refractivity contribution in [1.82, 2.24) is 0 Å². The molecule has 0 radical (unpaired) electrons. The fraction of sp³-hybridized carbons (Fsp3) is 0.357. The number of hydrogen-bond donors (Lipinski definition) is 0. The molecule has 2 atom stereocenters. The predicted molar refractivity (Wildman–Crippen MR) is 61.6 cm³/mol. The Hall–Kier alpha value is -1.57. The van der Waals surface area contributed by atoms with Crippen LogP contribution in [0.25, 0.3) is 5.57 Å². The van der Waals surface area contributed by atoms with Crippen molar-refractivity contribution in [3.63, 3.8) is 0 Å². The van der Waals surface area contributed by atoms with Gasteiger partial charge in [0.2, 0.25) is 0 Å². The van der Waals surface area contributed by atoms with Gasteiger partial charge in [0.25, 0.3) is 0 Å². The second-order valence-corrected chi connectivity index (χ2v) is 4.52. The van der Waals surface area contributed by atoms with E-state index >= 15 is 0 Å². The molecule has 1 saturated heterocycles. The Balaban J connectivity index is 1.88. The Bertz CT molecular complexity index is 433. The van der Waals surface area contributed by atoms with E-state index in [4.69, 9.17) is 4.74 Å². The van der Waals surface area contributed by atoms with E-state index in [1.165, 1.54) is 11.1 Å². The molecule has 1 aliphatic heterocycles. The molecule has 2 heteroatoms. The highest BCUT2D eigenvalue weighted by molar-refractivity contribution is 5.75. The van der Waals surface area contributed by atoms with E-state index < -0.39 is 0 Å². The molecule has 1 aromatic rings. The van der Waals surface area contributed by atoms with Gasteiger partial charge in [0.1, 0.15) is 6.10 Å². The highest BCUT2D eigenvalue weighted by Gasteiger charge is 2.35. The maximum Gasteiger partial charge on any atom is 0.306 e. The van der Waals surface area contributed by atoms with Gasteiger partial charge in [0.05, 0.1) is 6.42 Å². The smallest absolute Gasteiger partial charge is 0.306 e. The number of carbonyl (C=O) groups is 1. The van der Waals surface area contributed by atoms with Gasteiger partial charge in [-0.15, -0.1) is 0 Å². The lowest BCUT2D eigenvalue weighted by Crippen LogP contribution is -2.17. The number of hydrogen-bond acceptors (Lipinski definition) is 2. The minimum atomic E-state index is -0.0411. The molecule has 0 spiro atoms. The summed E-state index contributed by atoms with van der Waals surface area (Å²) < 4.78 is 5.30. The molecule has 16 heavy (non-hydrogen) atoms. The van der Waals surface area contributed by atoms with Crippen LogP contribution < -0.4 is 0 Å². The summed E-state index contributed by atoms with van der Waals surface area (Å²) in [6, 6.07) is 10.3. The molecule has 1 aromatic carbocycles. The average molecular weight is 214 g/mol. The van der Waals surface area contributed by atoms with Crippen molar-refractivity contribution >= 4 is 11.5 Å². The lowest BCUT2D eigenvalue weighted by atomic mass is 9.84. The lowest BCUT2D eigenvalue weighted by Gasteiger charge is -2.22. The Morgan fingerprint density at radius 2 is 2.00 bits per heavy atom. The highest BCUT2D eigenvalue weighted by atomic mass is 16.5. The van der Waals surface area contributed by atoms with Crippen molar-refractivity contribution in [1.29, 1.82) is 0 Å². The molecule has 2 unspecified atom stereocenters. The zero-order chi connectivity index (χ0) is 11.0. The van der Waals surface area contributed by atoms with Crippen LogP contribution in [0.5, 0.6) is 0 Å². The second-order valence-electron chi connectivity index (χ2n) is 4.52. The summed E-state index contributed by atoms with van der Waals surface area (Å²) in [6.45, 7) is 0. The van der Waals surface area contributed by atoms with Crippen molar-refractivity contribution in [2.24, 2.45) is 5.92 Å². The first-order valence-electron chi connectivity index (χ1n) is 5.78. The normalized spacial score (nSPS) is 28.2. The summed E-state index contributed by atoms with van der Waals surface area (Å²) in [5.74, 6) is 0.375. The first-order chi connectivity index (χ1) is 7.83. The van der Waals surface area contributed by atoms with Crippen LogP contribution in [0.3, 0.4) is 0 Å². The number of allylic oxidation sites excluding steroid dienone is 1. The summed E-state index contributed by atoms with van der Waals surface area (Å²) >= 11 is 0. The molecule has 2 aliphatic rings. The zero-order valence-electron chi connectivity index (χ0n) is 9.06. The van der Waals surface area contributed by atoms with E-state index in [2.05, 4.69) is 18.2 Å². The first kappa shape index (κ1) is 9.64. The summed E-state index contributed by atoms with van der Waals surface area (Å²) in [6.07, 6.45) is 4.88. The quantitative estimate of drug-likeness (QED) is 0.672. The summed E-state index contributed by atoms with van der Waals surface area (Å²) in [7, 11) is 0. The summed E-state index contributed by atoms with van der Waals surface area (Å²) in [5, 5.41) is 0. The van der Waals surface area contributed by atoms with Gasteiger partial charge < -0.3 is 4.74 Å². The van der Waals surface area contributed by atoms with Gasteiger partial charge in [0, 0.05) is 5.92 Å². The average Bonchev–Trinajstić information content (AvgIpc) is 2.69. The summed E-state index contributed by atoms with van der Waals surface area (Å²) in [5.41, 5.74) is 2.57. The summed E-state index contributed by atoms with van der Waals surface area (Å²) in [4.78, 5) is 11.2. The third-order valence-electron chi connectivity index (χ3n) is 3.46. The Morgan fingerprint density at radius 3 is 2.81 bits per heavy atom. The van der Waals surface area contributed by atoms with Crippen molar-refractivity contribution in [2.75, 3.05) is 0 Å². The van der Waals surface area contributed by atoms with Crippen LogP contribution in [0, 0.1) is 5.92 Å². The third-order valence-corrected chi connectivity index (χ3v) is 3.46. The van der Waals surface area contributed by atoms with Gasteiger partial charge in [-0.1, -0.05) is 30.3 Å². The SMILES string of the molecule is O=C1CC2CCC(c3ccccc3)=CC2O1. The fourth-order valence-electron chi connectivity index (χ4n) is 2.58. The lowest BCUT2D eigenvalue weighted by molar-refractivity contribution is -0.140. The van der Waals surface area contributed by atoms with E-state index in [0.717, 1.165) is 12.8 Å². The molecule has 3 rings (SSSR count). The molecular weight excluding hydrogens is 200 g/mol. The van der Waals surface area contributed by atoms with Crippen molar-refractivity contribution < 1.29 is 9.53 Å². The minimum Gasteiger partial charge on any atom is -0.458 e. The molecule has 0 bridgehead atoms. The van der Waals surface area contributed by atoms with Gasteiger partial charge in [-0.2, -0.15) is 0 Å². The third kappa shape index (κ3) is 1.64. The van der Waals surface area contributed by atoms with Gasteiger partial charge in [-0.3, -0.25) is 4.79 Å². The van der Waals surface area contributed by atoms with Crippen molar-refractivity contribution in [3.05, 3.63) is 42.0 Å². The van der Waals surface area contributed by atoms with Crippen molar-refractivity contribution in [3.8, 4) is 0 Å². The number of rotatable bonds is 1. The number of carbonyl (C=O) groups excluding carboxylic acids is 1. The van der Waals surface area contributed by atoms with Gasteiger partial charge in [-0.25, -0.2) is 0 Å². The Labute approximate surface area is 94.9 Å². The predicted octanol–water partition coefficient (Wildman–Crippen LogP) is 2.80. The number of fused-ring (bicyclic) bond motifs is 1. The van der Waals surface area contributed by atoms with Crippen LogP contribution in [0.2, 0.25) is 0 Å². The van der Waals surface area contributed by atoms with Crippen molar-refractivity contribution in [2.45, 2.75) is 25.4 Å². The fourth-order valence-corrected chi connectivity index (χ4v) is 2.58. The van der Waals surface area contributed by atoms with Crippen LogP contribution in [0.15, 0.2) is 36.4 Å². The maximum absolute atomic E-state index is 11.2. The first-order valence-corrected chi connectivity index (χ1v) is 5.78. The monoisotopic (exact) mass is 214 g/mol. The van der Waals surface area contributed by atoms with E-state index in [-0.39, 0.29) is 12.1 Å². The van der Waals surface area contributed by atoms with E-state index in [1.54, 1.807) is 0 Å². The number of esters is 1. The maximum atomic E-state index is 11.2. The number of ether oxygens (including phenoxy) is 1. The topological polar surface area (TPSA) is 26.3 Å². The molecule has 0 saturated carbocycles. The molecule has 1 fully saturated rings. The molecule has 0 aromatic heterocycles. The molecular formula is C14H14O2. The largest absolute Gasteiger partial charge is 0.458 e. The minimum absolute atomic E-state index is 0.0245. The number of benzene rings is 1. The zero-order valence-corrected chi connectivity index (χ0v) is 9.06. The van der Waals surface area contributed by atoms with Gasteiger partial charge in [0.15, 0.2) is 0 Å². The molecule has 82 valence electrons. The Morgan fingerprint density at radius 1 is 1.19 bits per heavy atom. The van der Waals surface area contributed by atoms with Gasteiger partial charge >= 0.3 is 5.97 Å². The van der Waals surface area contributed by atoms with E-state index in [9.17, 15) is 4.79 Å². The molecule has 2 nitrogen and oxygen atoms in total. The van der Waals surface area contributed by atoms with Gasteiger partial charge in [-0.05, 0) is 30.1 Å². The van der Waals surface area contributed by atoms with Crippen LogP contribution in [-0.4, -0.2) is 12.1 Å². The molecule has 1 aliphatic carbocycles. The van der Waals surface area contributed by atoms with Crippen LogP contribution in [-0.2, 0) is 9.53 Å². The molecule has 1 heterocycles. The van der Waals surface area contributed by atoms with Crippen LogP contribution >= 0.6 is 0 Å². The molecule has 0 amide bonds.